The number of carbonyl (C=O) groups is 1. The fourth-order valence-corrected chi connectivity index (χ4v) is 2.09. The molecule has 0 bridgehead atoms. The molecular weight excluding hydrogens is 166 g/mol. The van der Waals surface area contributed by atoms with Gasteiger partial charge in [0.1, 0.15) is 0 Å². The van der Waals surface area contributed by atoms with Gasteiger partial charge in [-0.25, -0.2) is 0 Å². The van der Waals surface area contributed by atoms with Crippen LogP contribution in [-0.2, 0) is 4.79 Å². The van der Waals surface area contributed by atoms with Crippen molar-refractivity contribution >= 4 is 5.91 Å². The summed E-state index contributed by atoms with van der Waals surface area (Å²) in [5.74, 6) is 0.545. The molecule has 2 saturated heterocycles. The monoisotopic (exact) mass is 183 g/mol. The highest BCUT2D eigenvalue weighted by Crippen LogP contribution is 2.19. The normalized spacial score (nSPS) is 30.6. The summed E-state index contributed by atoms with van der Waals surface area (Å²) in [6.07, 6.45) is 1.01. The zero-order valence-electron chi connectivity index (χ0n) is 8.07. The summed E-state index contributed by atoms with van der Waals surface area (Å²) in [4.78, 5) is 15.9. The second-order valence-electron chi connectivity index (χ2n) is 4.25. The van der Waals surface area contributed by atoms with E-state index < -0.39 is 0 Å². The number of carbonyl (C=O) groups excluding carboxylic acids is 1. The van der Waals surface area contributed by atoms with Gasteiger partial charge in [0.2, 0.25) is 5.91 Å². The van der Waals surface area contributed by atoms with E-state index in [0.29, 0.717) is 5.91 Å². The Morgan fingerprint density at radius 3 is 2.54 bits per heavy atom. The molecule has 13 heavy (non-hydrogen) atoms. The Kier molecular flexibility index (Phi) is 2.26. The van der Waals surface area contributed by atoms with Crippen LogP contribution >= 0.6 is 0 Å². The van der Waals surface area contributed by atoms with Crippen LogP contribution in [0.15, 0.2) is 0 Å². The maximum absolute atomic E-state index is 11.8. The summed E-state index contributed by atoms with van der Waals surface area (Å²) in [6, 6.07) is 0.225. The van der Waals surface area contributed by atoms with E-state index in [2.05, 4.69) is 11.9 Å². The largest absolute Gasteiger partial charge is 0.339 e. The van der Waals surface area contributed by atoms with Gasteiger partial charge in [0, 0.05) is 25.7 Å². The van der Waals surface area contributed by atoms with Crippen molar-refractivity contribution in [1.29, 1.82) is 0 Å². The van der Waals surface area contributed by atoms with Crippen molar-refractivity contribution in [3.8, 4) is 0 Å². The average Bonchev–Trinajstić information content (AvgIpc) is 2.45. The van der Waals surface area contributed by atoms with Crippen molar-refractivity contribution in [2.24, 2.45) is 11.7 Å². The van der Waals surface area contributed by atoms with Crippen molar-refractivity contribution in [2.45, 2.75) is 12.5 Å². The number of amides is 1. The quantitative estimate of drug-likeness (QED) is 0.573. The number of hydrogen-bond acceptors (Lipinski definition) is 3. The molecule has 2 fully saturated rings. The summed E-state index contributed by atoms with van der Waals surface area (Å²) in [5.41, 5.74) is 5.63. The molecule has 1 amide bonds. The van der Waals surface area contributed by atoms with E-state index in [4.69, 9.17) is 5.73 Å². The van der Waals surface area contributed by atoms with E-state index >= 15 is 0 Å². The smallest absolute Gasteiger partial charge is 0.227 e. The predicted molar refractivity (Wildman–Crippen MR) is 50.2 cm³/mol. The summed E-state index contributed by atoms with van der Waals surface area (Å²) < 4.78 is 0. The van der Waals surface area contributed by atoms with Gasteiger partial charge < -0.3 is 15.5 Å². The molecule has 1 unspecified atom stereocenters. The average molecular weight is 183 g/mol. The van der Waals surface area contributed by atoms with Gasteiger partial charge in [-0.2, -0.15) is 0 Å². The van der Waals surface area contributed by atoms with Crippen LogP contribution in [-0.4, -0.2) is 55.0 Å². The van der Waals surface area contributed by atoms with E-state index in [9.17, 15) is 4.79 Å². The van der Waals surface area contributed by atoms with Crippen LogP contribution in [0, 0.1) is 5.92 Å². The molecular formula is C9H17N3O. The summed E-state index contributed by atoms with van der Waals surface area (Å²) in [5, 5.41) is 0. The van der Waals surface area contributed by atoms with E-state index in [0.717, 1.165) is 32.6 Å². The Hall–Kier alpha value is -0.610. The molecule has 0 aromatic rings. The van der Waals surface area contributed by atoms with Crippen molar-refractivity contribution in [2.75, 3.05) is 33.2 Å². The van der Waals surface area contributed by atoms with Gasteiger partial charge in [0.05, 0.1) is 5.92 Å². The highest BCUT2D eigenvalue weighted by Gasteiger charge is 2.34. The van der Waals surface area contributed by atoms with Gasteiger partial charge in [-0.15, -0.1) is 0 Å². The minimum absolute atomic E-state index is 0.225. The molecule has 4 heteroatoms. The Morgan fingerprint density at radius 2 is 2.08 bits per heavy atom. The Morgan fingerprint density at radius 1 is 1.38 bits per heavy atom. The first-order valence-electron chi connectivity index (χ1n) is 4.89. The first-order chi connectivity index (χ1) is 6.16. The van der Waals surface area contributed by atoms with Gasteiger partial charge in [0.15, 0.2) is 0 Å². The lowest BCUT2D eigenvalue weighted by atomic mass is 10.0. The van der Waals surface area contributed by atoms with Crippen molar-refractivity contribution < 1.29 is 4.79 Å². The van der Waals surface area contributed by atoms with E-state index in [1.807, 2.05) is 4.90 Å². The van der Waals surface area contributed by atoms with E-state index in [1.165, 1.54) is 0 Å². The topological polar surface area (TPSA) is 49.6 Å². The molecule has 2 rings (SSSR count). The zero-order chi connectivity index (χ0) is 9.42. The minimum atomic E-state index is 0.225. The van der Waals surface area contributed by atoms with Crippen LogP contribution in [0.2, 0.25) is 0 Å². The van der Waals surface area contributed by atoms with Crippen LogP contribution in [0.3, 0.4) is 0 Å². The first kappa shape index (κ1) is 8.97. The first-order valence-corrected chi connectivity index (χ1v) is 4.89. The van der Waals surface area contributed by atoms with Crippen LogP contribution in [0.5, 0.6) is 0 Å². The summed E-state index contributed by atoms with van der Waals surface area (Å²) in [6.45, 7) is 3.50. The standard InChI is InChI=1S/C9H17N3O/c1-11-3-2-7(4-11)9(13)12-5-8(10)6-12/h7-8H,2-6,10H2,1H3. The molecule has 0 aromatic heterocycles. The third-order valence-corrected chi connectivity index (χ3v) is 2.96. The lowest BCUT2D eigenvalue weighted by Crippen LogP contribution is -2.59. The molecule has 4 nitrogen and oxygen atoms in total. The molecule has 0 aromatic carbocycles. The highest BCUT2D eigenvalue weighted by molar-refractivity contribution is 5.80. The second kappa shape index (κ2) is 3.27. The Balaban J connectivity index is 1.84. The highest BCUT2D eigenvalue weighted by atomic mass is 16.2. The predicted octanol–water partition coefficient (Wildman–Crippen LogP) is -0.892. The molecule has 0 spiro atoms. The lowest BCUT2D eigenvalue weighted by Gasteiger charge is -2.38. The maximum Gasteiger partial charge on any atom is 0.227 e. The second-order valence-corrected chi connectivity index (χ2v) is 4.25. The number of nitrogens with two attached hydrogens (primary N) is 1. The SMILES string of the molecule is CN1CCC(C(=O)N2CC(N)C2)C1. The summed E-state index contributed by atoms with van der Waals surface area (Å²) >= 11 is 0. The van der Waals surface area contributed by atoms with Crippen molar-refractivity contribution in [1.82, 2.24) is 9.80 Å². The van der Waals surface area contributed by atoms with Crippen LogP contribution in [0.25, 0.3) is 0 Å². The molecule has 2 aliphatic heterocycles. The Labute approximate surface area is 78.7 Å². The van der Waals surface area contributed by atoms with Gasteiger partial charge >= 0.3 is 0 Å². The van der Waals surface area contributed by atoms with Crippen molar-refractivity contribution in [3.63, 3.8) is 0 Å². The molecule has 2 N–H and O–H groups in total. The van der Waals surface area contributed by atoms with Crippen LogP contribution in [0.1, 0.15) is 6.42 Å². The van der Waals surface area contributed by atoms with E-state index in [-0.39, 0.29) is 12.0 Å². The fraction of sp³-hybridized carbons (Fsp3) is 0.889. The summed E-state index contributed by atoms with van der Waals surface area (Å²) in [7, 11) is 2.06. The molecule has 0 saturated carbocycles. The fourth-order valence-electron chi connectivity index (χ4n) is 2.09. The zero-order valence-corrected chi connectivity index (χ0v) is 8.07. The molecule has 74 valence electrons. The number of hydrogen-bond donors (Lipinski definition) is 1. The number of nitrogens with zero attached hydrogens (tertiary/aromatic N) is 2. The molecule has 2 heterocycles. The van der Waals surface area contributed by atoms with Gasteiger partial charge in [0.25, 0.3) is 0 Å². The van der Waals surface area contributed by atoms with E-state index in [1.54, 1.807) is 0 Å². The van der Waals surface area contributed by atoms with Crippen molar-refractivity contribution in [3.05, 3.63) is 0 Å². The van der Waals surface area contributed by atoms with Gasteiger partial charge in [-0.3, -0.25) is 4.79 Å². The third kappa shape index (κ3) is 1.69. The maximum atomic E-state index is 11.8. The third-order valence-electron chi connectivity index (χ3n) is 2.96. The molecule has 0 radical (unpaired) electrons. The lowest BCUT2D eigenvalue weighted by molar-refractivity contribution is -0.139. The molecule has 2 aliphatic rings. The Bertz CT molecular complexity index is 213. The molecule has 0 aliphatic carbocycles. The van der Waals surface area contributed by atoms with Gasteiger partial charge in [-0.1, -0.05) is 0 Å². The number of likely N-dealkylation sites (tertiary alicyclic amines) is 2. The van der Waals surface area contributed by atoms with Gasteiger partial charge in [-0.05, 0) is 20.0 Å². The van der Waals surface area contributed by atoms with Crippen LogP contribution in [0.4, 0.5) is 0 Å². The van der Waals surface area contributed by atoms with Crippen LogP contribution < -0.4 is 5.73 Å². The number of rotatable bonds is 1. The molecule has 1 atom stereocenters. The minimum Gasteiger partial charge on any atom is -0.339 e.